The van der Waals surface area contributed by atoms with Crippen molar-refractivity contribution >= 4 is 5.91 Å². The lowest BCUT2D eigenvalue weighted by Gasteiger charge is -2.37. The van der Waals surface area contributed by atoms with E-state index in [1.54, 1.807) is 7.11 Å². The molecule has 0 aromatic heterocycles. The second kappa shape index (κ2) is 7.35. The lowest BCUT2D eigenvalue weighted by molar-refractivity contribution is -0.130. The highest BCUT2D eigenvalue weighted by molar-refractivity contribution is 5.79. The summed E-state index contributed by atoms with van der Waals surface area (Å²) in [5, 5.41) is 3.46. The Labute approximate surface area is 139 Å². The summed E-state index contributed by atoms with van der Waals surface area (Å²) in [6.07, 6.45) is 6.54. The van der Waals surface area contributed by atoms with Crippen LogP contribution in [-0.2, 0) is 11.2 Å². The van der Waals surface area contributed by atoms with Crippen LogP contribution in [0.1, 0.15) is 37.7 Å². The molecule has 0 saturated carbocycles. The molecule has 0 bridgehead atoms. The number of para-hydroxylation sites is 1. The number of ether oxygens (including phenoxy) is 1. The number of amides is 1. The van der Waals surface area contributed by atoms with Crippen LogP contribution >= 0.6 is 0 Å². The lowest BCUT2D eigenvalue weighted by atomic mass is 9.73. The van der Waals surface area contributed by atoms with E-state index in [4.69, 9.17) is 4.74 Å². The number of hydrogen-bond acceptors (Lipinski definition) is 3. The van der Waals surface area contributed by atoms with Gasteiger partial charge in [-0.3, -0.25) is 4.79 Å². The summed E-state index contributed by atoms with van der Waals surface area (Å²) in [5.41, 5.74) is 1.46. The van der Waals surface area contributed by atoms with Crippen molar-refractivity contribution in [3.63, 3.8) is 0 Å². The van der Waals surface area contributed by atoms with Gasteiger partial charge in [-0.25, -0.2) is 0 Å². The normalized spacial score (nSPS) is 21.0. The Morgan fingerprint density at radius 1 is 1.17 bits per heavy atom. The fourth-order valence-electron chi connectivity index (χ4n) is 4.08. The predicted octanol–water partition coefficient (Wildman–Crippen LogP) is 2.62. The van der Waals surface area contributed by atoms with Crippen LogP contribution in [0, 0.1) is 5.41 Å². The molecule has 0 aliphatic carbocycles. The third-order valence-electron chi connectivity index (χ3n) is 5.60. The van der Waals surface area contributed by atoms with Crippen LogP contribution in [0.4, 0.5) is 0 Å². The molecule has 3 rings (SSSR count). The number of carbonyl (C=O) groups excluding carboxylic acids is 1. The highest BCUT2D eigenvalue weighted by atomic mass is 16.5. The van der Waals surface area contributed by atoms with Gasteiger partial charge in [0.15, 0.2) is 0 Å². The van der Waals surface area contributed by atoms with E-state index in [0.29, 0.717) is 11.8 Å². The Kier molecular flexibility index (Phi) is 5.21. The quantitative estimate of drug-likeness (QED) is 0.932. The monoisotopic (exact) mass is 316 g/mol. The smallest absolute Gasteiger partial charge is 0.227 e. The van der Waals surface area contributed by atoms with Crippen molar-refractivity contribution in [1.29, 1.82) is 0 Å². The molecule has 2 saturated heterocycles. The second-order valence-electron chi connectivity index (χ2n) is 6.97. The standard InChI is InChI=1S/C19H28N2O2/c1-23-17-6-3-2-5-16(17)15-18(22)21-13-4-7-19(10-14-21)8-11-20-12-9-19/h2-3,5-6,20H,4,7-15H2,1H3. The molecule has 2 heterocycles. The highest BCUT2D eigenvalue weighted by Gasteiger charge is 2.34. The topological polar surface area (TPSA) is 41.6 Å². The summed E-state index contributed by atoms with van der Waals surface area (Å²) in [6.45, 7) is 4.08. The minimum Gasteiger partial charge on any atom is -0.496 e. The molecule has 1 amide bonds. The van der Waals surface area contributed by atoms with E-state index >= 15 is 0 Å². The van der Waals surface area contributed by atoms with Gasteiger partial charge in [0.05, 0.1) is 13.5 Å². The molecule has 2 aliphatic heterocycles. The van der Waals surface area contributed by atoms with Crippen molar-refractivity contribution in [2.75, 3.05) is 33.3 Å². The van der Waals surface area contributed by atoms with Gasteiger partial charge >= 0.3 is 0 Å². The van der Waals surface area contributed by atoms with Gasteiger partial charge in [-0.1, -0.05) is 18.2 Å². The summed E-state index contributed by atoms with van der Waals surface area (Å²) in [7, 11) is 1.66. The lowest BCUT2D eigenvalue weighted by Crippen LogP contribution is -2.38. The van der Waals surface area contributed by atoms with Crippen molar-refractivity contribution in [3.8, 4) is 5.75 Å². The maximum atomic E-state index is 12.7. The number of nitrogens with one attached hydrogen (secondary N) is 1. The van der Waals surface area contributed by atoms with Crippen molar-refractivity contribution in [2.24, 2.45) is 5.41 Å². The number of likely N-dealkylation sites (tertiary alicyclic amines) is 1. The molecule has 4 heteroatoms. The van der Waals surface area contributed by atoms with Crippen LogP contribution in [-0.4, -0.2) is 44.1 Å². The summed E-state index contributed by atoms with van der Waals surface area (Å²) in [6, 6.07) is 7.83. The first-order valence-corrected chi connectivity index (χ1v) is 8.83. The number of carbonyl (C=O) groups is 1. The predicted molar refractivity (Wildman–Crippen MR) is 91.7 cm³/mol. The number of hydrogen-bond donors (Lipinski definition) is 1. The summed E-state index contributed by atoms with van der Waals surface area (Å²) >= 11 is 0. The average Bonchev–Trinajstić information content (AvgIpc) is 2.79. The number of piperidine rings is 1. The molecule has 2 aliphatic rings. The first kappa shape index (κ1) is 16.3. The number of nitrogens with zero attached hydrogens (tertiary/aromatic N) is 1. The van der Waals surface area contributed by atoms with Gasteiger partial charge in [-0.15, -0.1) is 0 Å². The van der Waals surface area contributed by atoms with Gasteiger partial charge in [0.1, 0.15) is 5.75 Å². The summed E-state index contributed by atoms with van der Waals surface area (Å²) in [5.74, 6) is 1.05. The van der Waals surface area contributed by atoms with Crippen LogP contribution in [0.5, 0.6) is 5.75 Å². The molecular formula is C19H28N2O2. The van der Waals surface area contributed by atoms with Crippen LogP contribution < -0.4 is 10.1 Å². The van der Waals surface area contributed by atoms with Gasteiger partial charge in [-0.2, -0.15) is 0 Å². The highest BCUT2D eigenvalue weighted by Crippen LogP contribution is 2.39. The molecule has 126 valence electrons. The maximum Gasteiger partial charge on any atom is 0.227 e. The average molecular weight is 316 g/mol. The Hall–Kier alpha value is -1.55. The van der Waals surface area contributed by atoms with E-state index in [9.17, 15) is 4.79 Å². The zero-order valence-electron chi connectivity index (χ0n) is 14.1. The van der Waals surface area contributed by atoms with Crippen LogP contribution in [0.2, 0.25) is 0 Å². The summed E-state index contributed by atoms with van der Waals surface area (Å²) < 4.78 is 5.37. The molecular weight excluding hydrogens is 288 g/mol. The molecule has 2 fully saturated rings. The first-order valence-electron chi connectivity index (χ1n) is 8.83. The molecule has 1 aromatic rings. The minimum atomic E-state index is 0.237. The van der Waals surface area contributed by atoms with Gasteiger partial charge in [-0.05, 0) is 56.7 Å². The molecule has 23 heavy (non-hydrogen) atoms. The SMILES string of the molecule is COc1ccccc1CC(=O)N1CCCC2(CCNCC2)CC1. The van der Waals surface area contributed by atoms with E-state index in [2.05, 4.69) is 10.2 Å². The van der Waals surface area contributed by atoms with Crippen LogP contribution in [0.15, 0.2) is 24.3 Å². The van der Waals surface area contributed by atoms with Crippen molar-refractivity contribution in [1.82, 2.24) is 10.2 Å². The second-order valence-corrected chi connectivity index (χ2v) is 6.97. The number of methoxy groups -OCH3 is 1. The van der Waals surface area contributed by atoms with E-state index < -0.39 is 0 Å². The molecule has 0 atom stereocenters. The number of benzene rings is 1. The van der Waals surface area contributed by atoms with E-state index in [1.165, 1.54) is 19.3 Å². The minimum absolute atomic E-state index is 0.237. The van der Waals surface area contributed by atoms with E-state index in [0.717, 1.165) is 50.3 Å². The Balaban J connectivity index is 1.62. The third kappa shape index (κ3) is 3.86. The van der Waals surface area contributed by atoms with Gasteiger partial charge in [0.25, 0.3) is 0 Å². The zero-order chi connectivity index (χ0) is 16.1. The molecule has 4 nitrogen and oxygen atoms in total. The van der Waals surface area contributed by atoms with Gasteiger partial charge < -0.3 is 15.0 Å². The van der Waals surface area contributed by atoms with Crippen LogP contribution in [0.25, 0.3) is 0 Å². The molecule has 0 unspecified atom stereocenters. The maximum absolute atomic E-state index is 12.7. The number of rotatable bonds is 3. The summed E-state index contributed by atoms with van der Waals surface area (Å²) in [4.78, 5) is 14.8. The fraction of sp³-hybridized carbons (Fsp3) is 0.632. The van der Waals surface area contributed by atoms with Crippen molar-refractivity contribution in [2.45, 2.75) is 38.5 Å². The largest absolute Gasteiger partial charge is 0.496 e. The van der Waals surface area contributed by atoms with Crippen molar-refractivity contribution in [3.05, 3.63) is 29.8 Å². The first-order chi connectivity index (χ1) is 11.2. The van der Waals surface area contributed by atoms with Gasteiger partial charge in [0.2, 0.25) is 5.91 Å². The van der Waals surface area contributed by atoms with E-state index in [-0.39, 0.29) is 5.91 Å². The van der Waals surface area contributed by atoms with E-state index in [1.807, 2.05) is 24.3 Å². The molecule has 1 aromatic carbocycles. The van der Waals surface area contributed by atoms with Crippen molar-refractivity contribution < 1.29 is 9.53 Å². The zero-order valence-corrected chi connectivity index (χ0v) is 14.1. The molecule has 0 radical (unpaired) electrons. The third-order valence-corrected chi connectivity index (χ3v) is 5.60. The molecule has 1 spiro atoms. The Bertz CT molecular complexity index is 538. The molecule has 1 N–H and O–H groups in total. The Morgan fingerprint density at radius 2 is 1.96 bits per heavy atom. The fourth-order valence-corrected chi connectivity index (χ4v) is 4.08. The van der Waals surface area contributed by atoms with Gasteiger partial charge in [0, 0.05) is 18.7 Å². The van der Waals surface area contributed by atoms with Crippen LogP contribution in [0.3, 0.4) is 0 Å². The Morgan fingerprint density at radius 3 is 2.74 bits per heavy atom.